The summed E-state index contributed by atoms with van der Waals surface area (Å²) in [6.45, 7) is 8.47. The molecule has 0 bridgehead atoms. The summed E-state index contributed by atoms with van der Waals surface area (Å²) in [5.41, 5.74) is 2.62. The molecule has 0 spiro atoms. The van der Waals surface area contributed by atoms with Crippen LogP contribution in [-0.2, 0) is 11.3 Å². The van der Waals surface area contributed by atoms with Crippen LogP contribution in [0.15, 0.2) is 6.07 Å². The van der Waals surface area contributed by atoms with E-state index >= 15 is 0 Å². The molecule has 1 aliphatic carbocycles. The van der Waals surface area contributed by atoms with Crippen molar-refractivity contribution in [3.05, 3.63) is 11.9 Å². The number of ether oxygens (including phenoxy) is 1. The molecule has 1 heterocycles. The first kappa shape index (κ1) is 15.0. The van der Waals surface area contributed by atoms with Crippen molar-refractivity contribution in [2.45, 2.75) is 46.3 Å². The maximum absolute atomic E-state index is 5.51. The van der Waals surface area contributed by atoms with Crippen molar-refractivity contribution in [2.75, 3.05) is 23.5 Å². The zero-order valence-electron chi connectivity index (χ0n) is 12.6. The zero-order valence-corrected chi connectivity index (χ0v) is 12.6. The second kappa shape index (κ2) is 6.85. The van der Waals surface area contributed by atoms with Crippen LogP contribution in [0.25, 0.3) is 0 Å². The van der Waals surface area contributed by atoms with Gasteiger partial charge in [0.2, 0.25) is 0 Å². The van der Waals surface area contributed by atoms with Gasteiger partial charge in [-0.25, -0.2) is 15.8 Å². The summed E-state index contributed by atoms with van der Waals surface area (Å²) in [5.74, 6) is 8.36. The predicted molar refractivity (Wildman–Crippen MR) is 80.4 cm³/mol. The van der Waals surface area contributed by atoms with Crippen LogP contribution in [0.2, 0.25) is 0 Å². The minimum atomic E-state index is 0.416. The quantitative estimate of drug-likeness (QED) is 0.559. The van der Waals surface area contributed by atoms with Gasteiger partial charge in [0, 0.05) is 25.3 Å². The number of anilines is 2. The number of nitrogens with two attached hydrogens (primary N) is 1. The van der Waals surface area contributed by atoms with E-state index in [4.69, 9.17) is 10.6 Å². The molecule has 112 valence electrons. The fourth-order valence-electron chi connectivity index (χ4n) is 2.17. The standard InChI is InChI=1S/C14H25N5O/c1-4-20-9-13-16-12(18-15)7-14(17-13)19(8-10(2)3)11-5-6-11/h7,10-11H,4-6,8-9,15H2,1-3H3,(H,16,17,18). The van der Waals surface area contributed by atoms with Gasteiger partial charge in [-0.3, -0.25) is 0 Å². The van der Waals surface area contributed by atoms with E-state index in [1.807, 2.05) is 13.0 Å². The van der Waals surface area contributed by atoms with E-state index in [2.05, 4.69) is 34.1 Å². The molecule has 1 saturated carbocycles. The number of hydrazine groups is 1. The zero-order chi connectivity index (χ0) is 14.5. The minimum absolute atomic E-state index is 0.416. The van der Waals surface area contributed by atoms with E-state index in [1.165, 1.54) is 12.8 Å². The Morgan fingerprint density at radius 2 is 2.20 bits per heavy atom. The van der Waals surface area contributed by atoms with Crippen molar-refractivity contribution in [2.24, 2.45) is 11.8 Å². The molecule has 0 radical (unpaired) electrons. The molecule has 0 aromatic carbocycles. The lowest BCUT2D eigenvalue weighted by atomic mass is 10.2. The number of hydrogen-bond donors (Lipinski definition) is 2. The molecule has 0 aliphatic heterocycles. The summed E-state index contributed by atoms with van der Waals surface area (Å²) in [6, 6.07) is 2.52. The molecule has 0 amide bonds. The second-order valence-corrected chi connectivity index (χ2v) is 5.59. The Balaban J connectivity index is 2.22. The molecular weight excluding hydrogens is 254 g/mol. The molecule has 1 aromatic rings. The van der Waals surface area contributed by atoms with Crippen LogP contribution >= 0.6 is 0 Å². The van der Waals surface area contributed by atoms with Gasteiger partial charge in [0.05, 0.1) is 0 Å². The molecule has 2 rings (SSSR count). The first-order valence-corrected chi connectivity index (χ1v) is 7.33. The second-order valence-electron chi connectivity index (χ2n) is 5.59. The molecular formula is C14H25N5O. The lowest BCUT2D eigenvalue weighted by molar-refractivity contribution is 0.128. The summed E-state index contributed by atoms with van der Waals surface area (Å²) >= 11 is 0. The van der Waals surface area contributed by atoms with Gasteiger partial charge in [-0.2, -0.15) is 0 Å². The van der Waals surface area contributed by atoms with Crippen molar-refractivity contribution in [1.82, 2.24) is 9.97 Å². The maximum atomic E-state index is 5.51. The Morgan fingerprint density at radius 1 is 1.45 bits per heavy atom. The molecule has 3 N–H and O–H groups in total. The Labute approximate surface area is 120 Å². The van der Waals surface area contributed by atoms with Gasteiger partial charge in [-0.15, -0.1) is 0 Å². The van der Waals surface area contributed by atoms with Crippen LogP contribution in [-0.4, -0.2) is 29.2 Å². The Bertz CT molecular complexity index is 434. The molecule has 6 nitrogen and oxygen atoms in total. The van der Waals surface area contributed by atoms with E-state index < -0.39 is 0 Å². The average molecular weight is 279 g/mol. The number of hydrogen-bond acceptors (Lipinski definition) is 6. The van der Waals surface area contributed by atoms with Crippen molar-refractivity contribution in [1.29, 1.82) is 0 Å². The van der Waals surface area contributed by atoms with Gasteiger partial charge in [0.1, 0.15) is 18.2 Å². The van der Waals surface area contributed by atoms with Crippen LogP contribution in [0.3, 0.4) is 0 Å². The topological polar surface area (TPSA) is 76.3 Å². The van der Waals surface area contributed by atoms with Gasteiger partial charge in [-0.05, 0) is 25.7 Å². The first-order chi connectivity index (χ1) is 9.63. The highest BCUT2D eigenvalue weighted by molar-refractivity contribution is 5.50. The summed E-state index contributed by atoms with van der Waals surface area (Å²) in [6.07, 6.45) is 2.48. The molecule has 0 unspecified atom stereocenters. The smallest absolute Gasteiger partial charge is 0.158 e. The number of aromatic nitrogens is 2. The highest BCUT2D eigenvalue weighted by Crippen LogP contribution is 2.32. The molecule has 1 fully saturated rings. The third kappa shape index (κ3) is 4.05. The lowest BCUT2D eigenvalue weighted by Gasteiger charge is -2.26. The number of nitrogens with one attached hydrogen (secondary N) is 1. The molecule has 1 aromatic heterocycles. The van der Waals surface area contributed by atoms with Crippen molar-refractivity contribution < 1.29 is 4.74 Å². The fourth-order valence-corrected chi connectivity index (χ4v) is 2.17. The SMILES string of the molecule is CCOCc1nc(NN)cc(N(CC(C)C)C2CC2)n1. The minimum Gasteiger partial charge on any atom is -0.374 e. The van der Waals surface area contributed by atoms with E-state index in [9.17, 15) is 0 Å². The normalized spacial score (nSPS) is 14.7. The van der Waals surface area contributed by atoms with Gasteiger partial charge >= 0.3 is 0 Å². The Hall–Kier alpha value is -1.40. The number of nitrogens with zero attached hydrogens (tertiary/aromatic N) is 3. The van der Waals surface area contributed by atoms with Crippen molar-refractivity contribution in [3.8, 4) is 0 Å². The number of rotatable bonds is 8. The summed E-state index contributed by atoms with van der Waals surface area (Å²) < 4.78 is 5.40. The Morgan fingerprint density at radius 3 is 2.75 bits per heavy atom. The molecule has 6 heteroatoms. The largest absolute Gasteiger partial charge is 0.374 e. The van der Waals surface area contributed by atoms with Crippen LogP contribution in [0.5, 0.6) is 0 Å². The Kier molecular flexibility index (Phi) is 5.14. The van der Waals surface area contributed by atoms with Crippen LogP contribution in [0, 0.1) is 5.92 Å². The average Bonchev–Trinajstić information content (AvgIpc) is 3.26. The van der Waals surface area contributed by atoms with Gasteiger partial charge in [-0.1, -0.05) is 13.8 Å². The molecule has 1 aliphatic rings. The fraction of sp³-hybridized carbons (Fsp3) is 0.714. The third-order valence-corrected chi connectivity index (χ3v) is 3.19. The lowest BCUT2D eigenvalue weighted by Crippen LogP contribution is -2.31. The van der Waals surface area contributed by atoms with Crippen LogP contribution in [0.1, 0.15) is 39.4 Å². The van der Waals surface area contributed by atoms with Crippen LogP contribution in [0.4, 0.5) is 11.6 Å². The predicted octanol–water partition coefficient (Wildman–Crippen LogP) is 1.92. The van der Waals surface area contributed by atoms with Crippen LogP contribution < -0.4 is 16.2 Å². The highest BCUT2D eigenvalue weighted by atomic mass is 16.5. The van der Waals surface area contributed by atoms with Gasteiger partial charge in [0.15, 0.2) is 5.82 Å². The van der Waals surface area contributed by atoms with Gasteiger partial charge < -0.3 is 15.1 Å². The molecule has 0 saturated heterocycles. The summed E-state index contributed by atoms with van der Waals surface area (Å²) in [5, 5.41) is 0. The van der Waals surface area contributed by atoms with E-state index in [1.54, 1.807) is 0 Å². The summed E-state index contributed by atoms with van der Waals surface area (Å²) in [7, 11) is 0. The third-order valence-electron chi connectivity index (χ3n) is 3.19. The van der Waals surface area contributed by atoms with E-state index in [-0.39, 0.29) is 0 Å². The van der Waals surface area contributed by atoms with Crippen molar-refractivity contribution in [3.63, 3.8) is 0 Å². The molecule has 0 atom stereocenters. The van der Waals surface area contributed by atoms with Gasteiger partial charge in [0.25, 0.3) is 0 Å². The highest BCUT2D eigenvalue weighted by Gasteiger charge is 2.30. The maximum Gasteiger partial charge on any atom is 0.158 e. The number of nitrogen functional groups attached to an aromatic ring is 1. The van der Waals surface area contributed by atoms with E-state index in [0.29, 0.717) is 36.8 Å². The summed E-state index contributed by atoms with van der Waals surface area (Å²) in [4.78, 5) is 11.3. The monoisotopic (exact) mass is 279 g/mol. The van der Waals surface area contributed by atoms with E-state index in [0.717, 1.165) is 12.4 Å². The first-order valence-electron chi connectivity index (χ1n) is 7.33. The van der Waals surface area contributed by atoms with Crippen molar-refractivity contribution >= 4 is 11.6 Å². The molecule has 20 heavy (non-hydrogen) atoms.